The highest BCUT2D eigenvalue weighted by molar-refractivity contribution is 7.98. The van der Waals surface area contributed by atoms with E-state index in [4.69, 9.17) is 10.8 Å². The molecule has 1 aromatic heterocycles. The Morgan fingerprint density at radius 1 is 1.35 bits per heavy atom. The van der Waals surface area contributed by atoms with Crippen LogP contribution in [0.2, 0.25) is 0 Å². The summed E-state index contributed by atoms with van der Waals surface area (Å²) in [5.74, 6) is 4.44. The Balaban J connectivity index is 2.22. The zero-order valence-corrected chi connectivity index (χ0v) is 10.4. The third-order valence-electron chi connectivity index (χ3n) is 2.38. The number of hydrogen-bond acceptors (Lipinski definition) is 3. The van der Waals surface area contributed by atoms with E-state index in [0.717, 1.165) is 27.7 Å². The third-order valence-corrected chi connectivity index (χ3v) is 3.54. The van der Waals surface area contributed by atoms with Crippen LogP contribution in [0.3, 0.4) is 0 Å². The molecule has 0 saturated heterocycles. The SMILES string of the molecule is C#Cc1cccc(NC)c1SCc1ccco1. The number of anilines is 1. The Morgan fingerprint density at radius 3 is 2.88 bits per heavy atom. The summed E-state index contributed by atoms with van der Waals surface area (Å²) >= 11 is 1.68. The fourth-order valence-electron chi connectivity index (χ4n) is 1.54. The summed E-state index contributed by atoms with van der Waals surface area (Å²) in [7, 11) is 1.90. The van der Waals surface area contributed by atoms with Crippen molar-refractivity contribution >= 4 is 17.4 Å². The summed E-state index contributed by atoms with van der Waals surface area (Å²) in [6.07, 6.45) is 7.19. The van der Waals surface area contributed by atoms with Gasteiger partial charge in [0.2, 0.25) is 0 Å². The third kappa shape index (κ3) is 2.66. The summed E-state index contributed by atoms with van der Waals surface area (Å²) in [6.45, 7) is 0. The van der Waals surface area contributed by atoms with Gasteiger partial charge in [-0.25, -0.2) is 0 Å². The lowest BCUT2D eigenvalue weighted by Crippen LogP contribution is -1.93. The van der Waals surface area contributed by atoms with Gasteiger partial charge in [0, 0.05) is 23.2 Å². The van der Waals surface area contributed by atoms with Gasteiger partial charge in [0.05, 0.1) is 12.0 Å². The van der Waals surface area contributed by atoms with Crippen molar-refractivity contribution < 1.29 is 4.42 Å². The molecule has 0 saturated carbocycles. The molecule has 2 aromatic rings. The van der Waals surface area contributed by atoms with E-state index in [1.165, 1.54) is 0 Å². The smallest absolute Gasteiger partial charge is 0.114 e. The standard InChI is InChI=1S/C14H13NOS/c1-3-11-6-4-8-13(15-2)14(11)17-10-12-7-5-9-16-12/h1,4-9,15H,10H2,2H3. The minimum Gasteiger partial charge on any atom is -0.468 e. The van der Waals surface area contributed by atoms with Gasteiger partial charge in [-0.2, -0.15) is 0 Å². The molecule has 0 radical (unpaired) electrons. The molecule has 3 heteroatoms. The average molecular weight is 243 g/mol. The maximum atomic E-state index is 5.51. The fraction of sp³-hybridized carbons (Fsp3) is 0.143. The molecule has 0 atom stereocenters. The molecule has 1 N–H and O–H groups in total. The second-order valence-electron chi connectivity index (χ2n) is 3.44. The molecule has 1 aromatic carbocycles. The van der Waals surface area contributed by atoms with E-state index in [0.29, 0.717) is 0 Å². The molecule has 0 aliphatic heterocycles. The maximum Gasteiger partial charge on any atom is 0.114 e. The number of rotatable bonds is 4. The largest absolute Gasteiger partial charge is 0.468 e. The topological polar surface area (TPSA) is 25.2 Å². The summed E-state index contributed by atoms with van der Waals surface area (Å²) in [5, 5.41) is 3.15. The van der Waals surface area contributed by atoms with E-state index in [-0.39, 0.29) is 0 Å². The molecule has 0 bridgehead atoms. The molecule has 2 rings (SSSR count). The van der Waals surface area contributed by atoms with Gasteiger partial charge in [0.1, 0.15) is 5.76 Å². The van der Waals surface area contributed by atoms with Crippen molar-refractivity contribution in [2.75, 3.05) is 12.4 Å². The molecule has 0 aliphatic rings. The predicted octanol–water partition coefficient (Wildman–Crippen LogP) is 3.59. The van der Waals surface area contributed by atoms with E-state index >= 15 is 0 Å². The first-order valence-corrected chi connectivity index (χ1v) is 6.26. The lowest BCUT2D eigenvalue weighted by Gasteiger charge is -2.10. The number of terminal acetylenes is 1. The molecule has 0 fully saturated rings. The van der Waals surface area contributed by atoms with Crippen LogP contribution in [0, 0.1) is 12.3 Å². The molecule has 0 spiro atoms. The Bertz CT molecular complexity index is 526. The van der Waals surface area contributed by atoms with Gasteiger partial charge in [0.25, 0.3) is 0 Å². The van der Waals surface area contributed by atoms with Crippen molar-refractivity contribution in [2.45, 2.75) is 10.6 Å². The van der Waals surface area contributed by atoms with Crippen molar-refractivity contribution in [1.29, 1.82) is 0 Å². The summed E-state index contributed by atoms with van der Waals surface area (Å²) < 4.78 is 5.31. The summed E-state index contributed by atoms with van der Waals surface area (Å²) in [4.78, 5) is 1.09. The minimum atomic E-state index is 0.778. The fourth-order valence-corrected chi connectivity index (χ4v) is 2.60. The van der Waals surface area contributed by atoms with Gasteiger partial charge in [-0.1, -0.05) is 12.0 Å². The Hall–Kier alpha value is -1.79. The Kier molecular flexibility index (Phi) is 3.79. The Morgan fingerprint density at radius 2 is 2.24 bits per heavy atom. The van der Waals surface area contributed by atoms with Gasteiger partial charge in [0.15, 0.2) is 0 Å². The van der Waals surface area contributed by atoms with Crippen LogP contribution in [0.4, 0.5) is 5.69 Å². The first-order valence-electron chi connectivity index (χ1n) is 5.27. The van der Waals surface area contributed by atoms with Crippen molar-refractivity contribution in [3.8, 4) is 12.3 Å². The van der Waals surface area contributed by atoms with Crippen molar-refractivity contribution in [3.05, 3.63) is 47.9 Å². The summed E-state index contributed by atoms with van der Waals surface area (Å²) in [5.41, 5.74) is 1.96. The van der Waals surface area contributed by atoms with E-state index in [1.54, 1.807) is 18.0 Å². The van der Waals surface area contributed by atoms with Crippen LogP contribution in [0.1, 0.15) is 11.3 Å². The minimum absolute atomic E-state index is 0.778. The second-order valence-corrected chi connectivity index (χ2v) is 4.43. The van der Waals surface area contributed by atoms with Crippen molar-refractivity contribution in [3.63, 3.8) is 0 Å². The lowest BCUT2D eigenvalue weighted by atomic mass is 10.2. The molecule has 17 heavy (non-hydrogen) atoms. The summed E-state index contributed by atoms with van der Waals surface area (Å²) in [6, 6.07) is 9.78. The molecule has 1 heterocycles. The lowest BCUT2D eigenvalue weighted by molar-refractivity contribution is 0.530. The molecular weight excluding hydrogens is 230 g/mol. The molecule has 0 amide bonds. The molecule has 0 unspecified atom stereocenters. The van der Waals surface area contributed by atoms with E-state index in [9.17, 15) is 0 Å². The molecular formula is C14H13NOS. The van der Waals surface area contributed by atoms with E-state index in [1.807, 2.05) is 37.4 Å². The maximum absolute atomic E-state index is 5.51. The molecule has 0 aliphatic carbocycles. The molecule has 86 valence electrons. The zero-order valence-electron chi connectivity index (χ0n) is 9.57. The van der Waals surface area contributed by atoms with Crippen LogP contribution in [0.5, 0.6) is 0 Å². The monoisotopic (exact) mass is 243 g/mol. The number of thioether (sulfide) groups is 1. The van der Waals surface area contributed by atoms with Crippen LogP contribution < -0.4 is 5.32 Å². The number of hydrogen-bond donors (Lipinski definition) is 1. The number of nitrogens with one attached hydrogen (secondary N) is 1. The quantitative estimate of drug-likeness (QED) is 0.656. The Labute approximate surface area is 105 Å². The van der Waals surface area contributed by atoms with Crippen LogP contribution >= 0.6 is 11.8 Å². The van der Waals surface area contributed by atoms with E-state index < -0.39 is 0 Å². The van der Waals surface area contributed by atoms with Crippen molar-refractivity contribution in [1.82, 2.24) is 0 Å². The number of furan rings is 1. The average Bonchev–Trinajstić information content (AvgIpc) is 2.88. The zero-order chi connectivity index (χ0) is 12.1. The normalized spacial score (nSPS) is 9.88. The van der Waals surface area contributed by atoms with Crippen LogP contribution in [-0.2, 0) is 5.75 Å². The second kappa shape index (κ2) is 5.51. The van der Waals surface area contributed by atoms with E-state index in [2.05, 4.69) is 11.2 Å². The van der Waals surface area contributed by atoms with Gasteiger partial charge in [-0.15, -0.1) is 18.2 Å². The highest BCUT2D eigenvalue weighted by Crippen LogP contribution is 2.32. The highest BCUT2D eigenvalue weighted by atomic mass is 32.2. The molecule has 2 nitrogen and oxygen atoms in total. The van der Waals surface area contributed by atoms with Gasteiger partial charge >= 0.3 is 0 Å². The first kappa shape index (κ1) is 11.7. The van der Waals surface area contributed by atoms with Crippen LogP contribution in [0.15, 0.2) is 45.9 Å². The van der Waals surface area contributed by atoms with Crippen molar-refractivity contribution in [2.24, 2.45) is 0 Å². The van der Waals surface area contributed by atoms with Gasteiger partial charge in [-0.05, 0) is 24.3 Å². The van der Waals surface area contributed by atoms with Crippen LogP contribution in [-0.4, -0.2) is 7.05 Å². The van der Waals surface area contributed by atoms with Crippen LogP contribution in [0.25, 0.3) is 0 Å². The predicted molar refractivity (Wildman–Crippen MR) is 72.2 cm³/mol. The highest BCUT2D eigenvalue weighted by Gasteiger charge is 2.07. The first-order chi connectivity index (χ1) is 8.35. The van der Waals surface area contributed by atoms with Gasteiger partial charge < -0.3 is 9.73 Å². The van der Waals surface area contributed by atoms with Gasteiger partial charge in [-0.3, -0.25) is 0 Å². The number of benzene rings is 1.